The Balaban J connectivity index is 1.83. The van der Waals surface area contributed by atoms with Gasteiger partial charge in [-0.05, 0) is 6.92 Å². The maximum absolute atomic E-state index is 11.9. The molecule has 2 aromatic rings. The summed E-state index contributed by atoms with van der Waals surface area (Å²) in [6, 6.07) is 5.65. The minimum atomic E-state index is -0.524. The Morgan fingerprint density at radius 1 is 1.48 bits per heavy atom. The lowest BCUT2D eigenvalue weighted by molar-refractivity contribution is -0.384. The predicted octanol–water partition coefficient (Wildman–Crippen LogP) is 2.80. The van der Waals surface area contributed by atoms with E-state index in [0.717, 1.165) is 10.6 Å². The van der Waals surface area contributed by atoms with Crippen LogP contribution in [0.5, 0.6) is 0 Å². The number of nitro groups is 1. The molecule has 0 radical (unpaired) electrons. The highest BCUT2D eigenvalue weighted by molar-refractivity contribution is 7.09. The predicted molar refractivity (Wildman–Crippen MR) is 78.8 cm³/mol. The number of aromatic nitrogens is 1. The third-order valence-electron chi connectivity index (χ3n) is 2.93. The van der Waals surface area contributed by atoms with Crippen molar-refractivity contribution in [2.45, 2.75) is 13.3 Å². The molecule has 21 heavy (non-hydrogen) atoms. The Morgan fingerprint density at radius 2 is 2.29 bits per heavy atom. The van der Waals surface area contributed by atoms with Crippen LogP contribution in [-0.2, 0) is 11.2 Å². The number of thiazole rings is 1. The summed E-state index contributed by atoms with van der Waals surface area (Å²) in [5.41, 5.74) is 2.95. The number of Topliss-reactive ketones (excluding diaryl/α,β-unsaturated/α-hetero) is 1. The molecule has 0 aliphatic carbocycles. The summed E-state index contributed by atoms with van der Waals surface area (Å²) in [6.07, 6.45) is 0.707. The molecule has 7 heteroatoms. The van der Waals surface area contributed by atoms with Gasteiger partial charge in [0.2, 0.25) is 0 Å². The van der Waals surface area contributed by atoms with E-state index >= 15 is 0 Å². The second-order valence-corrected chi connectivity index (χ2v) is 5.33. The average molecular weight is 306 g/mol. The highest BCUT2D eigenvalue weighted by Crippen LogP contribution is 2.14. The van der Waals surface area contributed by atoms with Crippen molar-refractivity contribution in [1.82, 2.24) is 4.98 Å². The number of nitrogens with zero attached hydrogens (tertiary/aromatic N) is 2. The van der Waals surface area contributed by atoms with Gasteiger partial charge in [-0.1, -0.05) is 12.1 Å². The number of hydrogen-bond acceptors (Lipinski definition) is 6. The van der Waals surface area contributed by atoms with Crippen molar-refractivity contribution < 1.29 is 14.5 Å². The van der Waals surface area contributed by atoms with Gasteiger partial charge in [-0.15, -0.1) is 11.3 Å². The Hall–Kier alpha value is -2.12. The number of aryl methyl sites for hydroxylation is 1. The van der Waals surface area contributed by atoms with Gasteiger partial charge in [0, 0.05) is 29.0 Å². The molecule has 0 unspecified atom stereocenters. The zero-order chi connectivity index (χ0) is 15.2. The van der Waals surface area contributed by atoms with Crippen LogP contribution in [0.2, 0.25) is 0 Å². The van der Waals surface area contributed by atoms with Gasteiger partial charge in [0.15, 0.2) is 5.78 Å². The summed E-state index contributed by atoms with van der Waals surface area (Å²) >= 11 is 1.56. The fourth-order valence-corrected chi connectivity index (χ4v) is 2.53. The molecule has 1 aromatic heterocycles. The largest absolute Gasteiger partial charge is 0.373 e. The van der Waals surface area contributed by atoms with Gasteiger partial charge in [-0.2, -0.15) is 0 Å². The summed E-state index contributed by atoms with van der Waals surface area (Å²) < 4.78 is 5.34. The molecular formula is C14H14N2O4S. The first-order valence-corrected chi connectivity index (χ1v) is 7.20. The minimum absolute atomic E-state index is 0.0843. The van der Waals surface area contributed by atoms with Gasteiger partial charge in [0.1, 0.15) is 6.61 Å². The van der Waals surface area contributed by atoms with Crippen LogP contribution in [0.3, 0.4) is 0 Å². The molecule has 0 saturated heterocycles. The van der Waals surface area contributed by atoms with Crippen LogP contribution in [0.15, 0.2) is 29.8 Å². The standard InChI is InChI=1S/C14H14N2O4S/c1-10-14(21-9-15-10)5-6-20-8-13(17)11-3-2-4-12(7-11)16(18)19/h2-4,7,9H,5-6,8H2,1H3. The van der Waals surface area contributed by atoms with Crippen LogP contribution in [0.25, 0.3) is 0 Å². The van der Waals surface area contributed by atoms with E-state index in [0.29, 0.717) is 13.0 Å². The van der Waals surface area contributed by atoms with Crippen LogP contribution in [0.4, 0.5) is 5.69 Å². The van der Waals surface area contributed by atoms with Gasteiger partial charge in [0.05, 0.1) is 22.7 Å². The van der Waals surface area contributed by atoms with Gasteiger partial charge < -0.3 is 4.74 Å². The van der Waals surface area contributed by atoms with Gasteiger partial charge in [-0.25, -0.2) is 4.98 Å². The van der Waals surface area contributed by atoms with E-state index in [-0.39, 0.29) is 23.6 Å². The van der Waals surface area contributed by atoms with Gasteiger partial charge in [0.25, 0.3) is 5.69 Å². The number of carbonyl (C=O) groups is 1. The first kappa shape index (κ1) is 15.3. The van der Waals surface area contributed by atoms with Crippen molar-refractivity contribution in [3.8, 4) is 0 Å². The first-order valence-electron chi connectivity index (χ1n) is 6.32. The summed E-state index contributed by atoms with van der Waals surface area (Å²) in [5.74, 6) is -0.264. The van der Waals surface area contributed by atoms with E-state index in [2.05, 4.69) is 4.98 Å². The highest BCUT2D eigenvalue weighted by atomic mass is 32.1. The number of ketones is 1. The number of benzene rings is 1. The number of carbonyl (C=O) groups excluding carboxylic acids is 1. The second kappa shape index (κ2) is 7.05. The Bertz CT molecular complexity index is 654. The molecule has 110 valence electrons. The quantitative estimate of drug-likeness (QED) is 0.340. The molecule has 0 fully saturated rings. The summed E-state index contributed by atoms with van der Waals surface area (Å²) in [5, 5.41) is 10.7. The lowest BCUT2D eigenvalue weighted by Gasteiger charge is -2.03. The number of nitro benzene ring substituents is 1. The monoisotopic (exact) mass is 306 g/mol. The van der Waals surface area contributed by atoms with Crippen molar-refractivity contribution in [3.63, 3.8) is 0 Å². The normalized spacial score (nSPS) is 10.5. The Labute approximate surface area is 125 Å². The van der Waals surface area contributed by atoms with Gasteiger partial charge in [-0.3, -0.25) is 14.9 Å². The lowest BCUT2D eigenvalue weighted by Crippen LogP contribution is -2.11. The highest BCUT2D eigenvalue weighted by Gasteiger charge is 2.11. The van der Waals surface area contributed by atoms with Crippen molar-refractivity contribution in [1.29, 1.82) is 0 Å². The zero-order valence-corrected chi connectivity index (χ0v) is 12.3. The van der Waals surface area contributed by atoms with Gasteiger partial charge >= 0.3 is 0 Å². The molecule has 0 atom stereocenters. The maximum atomic E-state index is 11.9. The number of rotatable bonds is 7. The SMILES string of the molecule is Cc1ncsc1CCOCC(=O)c1cccc([N+](=O)[O-])c1. The maximum Gasteiger partial charge on any atom is 0.270 e. The Kier molecular flexibility index (Phi) is 5.13. The molecule has 2 rings (SSSR count). The van der Waals surface area contributed by atoms with E-state index in [1.54, 1.807) is 22.9 Å². The summed E-state index contributed by atoms with van der Waals surface area (Å²) in [7, 11) is 0. The van der Waals surface area contributed by atoms with Crippen LogP contribution in [0, 0.1) is 17.0 Å². The number of hydrogen-bond donors (Lipinski definition) is 0. The molecule has 0 spiro atoms. The van der Waals surface area contributed by atoms with E-state index in [9.17, 15) is 14.9 Å². The zero-order valence-electron chi connectivity index (χ0n) is 11.4. The van der Waals surface area contributed by atoms with Crippen LogP contribution >= 0.6 is 11.3 Å². The molecule has 0 saturated carbocycles. The topological polar surface area (TPSA) is 82.3 Å². The number of ether oxygens (including phenoxy) is 1. The molecule has 0 amide bonds. The molecule has 0 aliphatic heterocycles. The third kappa shape index (κ3) is 4.17. The van der Waals surface area contributed by atoms with Crippen LogP contribution in [-0.4, -0.2) is 28.9 Å². The van der Waals surface area contributed by atoms with E-state index in [1.807, 2.05) is 6.92 Å². The summed E-state index contributed by atoms with van der Waals surface area (Å²) in [4.78, 5) is 27.3. The molecule has 6 nitrogen and oxygen atoms in total. The fraction of sp³-hybridized carbons (Fsp3) is 0.286. The molecule has 0 N–H and O–H groups in total. The van der Waals surface area contributed by atoms with Crippen molar-refractivity contribution in [2.24, 2.45) is 0 Å². The van der Waals surface area contributed by atoms with Crippen molar-refractivity contribution in [2.75, 3.05) is 13.2 Å². The van der Waals surface area contributed by atoms with E-state index in [4.69, 9.17) is 4.74 Å². The van der Waals surface area contributed by atoms with E-state index < -0.39 is 4.92 Å². The average Bonchev–Trinajstić information content (AvgIpc) is 2.89. The number of non-ortho nitro benzene ring substituents is 1. The molecule has 1 aromatic carbocycles. The first-order chi connectivity index (χ1) is 10.1. The second-order valence-electron chi connectivity index (χ2n) is 4.39. The Morgan fingerprint density at radius 3 is 2.95 bits per heavy atom. The molecule has 0 bridgehead atoms. The minimum Gasteiger partial charge on any atom is -0.373 e. The molecule has 0 aliphatic rings. The fourth-order valence-electron chi connectivity index (χ4n) is 1.77. The molecular weight excluding hydrogens is 292 g/mol. The third-order valence-corrected chi connectivity index (χ3v) is 3.93. The van der Waals surface area contributed by atoms with Crippen LogP contribution in [0.1, 0.15) is 20.9 Å². The smallest absolute Gasteiger partial charge is 0.270 e. The summed E-state index contributed by atoms with van der Waals surface area (Å²) in [6.45, 7) is 2.27. The van der Waals surface area contributed by atoms with Crippen molar-refractivity contribution in [3.05, 3.63) is 56.0 Å². The van der Waals surface area contributed by atoms with Crippen molar-refractivity contribution >= 4 is 22.8 Å². The van der Waals surface area contributed by atoms with E-state index in [1.165, 1.54) is 18.2 Å². The lowest BCUT2D eigenvalue weighted by atomic mass is 10.1. The molecule has 1 heterocycles. The van der Waals surface area contributed by atoms with Crippen LogP contribution < -0.4 is 0 Å².